The number of hydrogen-bond acceptors (Lipinski definition) is 6. The van der Waals surface area contributed by atoms with Crippen LogP contribution in [0.5, 0.6) is 0 Å². The molecule has 2 fully saturated rings. The van der Waals surface area contributed by atoms with Gasteiger partial charge in [-0.2, -0.15) is 4.31 Å². The highest BCUT2D eigenvalue weighted by Crippen LogP contribution is 2.28. The molecule has 1 aromatic carbocycles. The zero-order valence-corrected chi connectivity index (χ0v) is 16.4. The number of anilines is 2. The van der Waals surface area contributed by atoms with Crippen LogP contribution in [0, 0.1) is 5.92 Å². The van der Waals surface area contributed by atoms with Crippen molar-refractivity contribution in [1.29, 1.82) is 0 Å². The highest BCUT2D eigenvalue weighted by molar-refractivity contribution is 7.88. The van der Waals surface area contributed by atoms with Crippen molar-refractivity contribution in [3.05, 3.63) is 24.3 Å². The van der Waals surface area contributed by atoms with Gasteiger partial charge in [0.05, 0.1) is 18.8 Å². The molecule has 8 nitrogen and oxygen atoms in total. The second-order valence-electron chi connectivity index (χ2n) is 6.82. The third-order valence-electron chi connectivity index (χ3n) is 4.98. The van der Waals surface area contributed by atoms with Crippen molar-refractivity contribution < 1.29 is 22.7 Å². The van der Waals surface area contributed by atoms with Gasteiger partial charge in [0.1, 0.15) is 0 Å². The molecule has 0 N–H and O–H groups in total. The third-order valence-corrected chi connectivity index (χ3v) is 6.28. The van der Waals surface area contributed by atoms with Crippen LogP contribution in [0.15, 0.2) is 24.3 Å². The Balaban J connectivity index is 1.63. The predicted molar refractivity (Wildman–Crippen MR) is 102 cm³/mol. The van der Waals surface area contributed by atoms with Gasteiger partial charge in [0.25, 0.3) is 0 Å². The number of carbonyl (C=O) groups is 2. The maximum atomic E-state index is 12.3. The molecule has 1 amide bonds. The lowest BCUT2D eigenvalue weighted by atomic mass is 10.1. The van der Waals surface area contributed by atoms with Gasteiger partial charge in [0, 0.05) is 50.5 Å². The van der Waals surface area contributed by atoms with Crippen molar-refractivity contribution in [1.82, 2.24) is 4.31 Å². The molecule has 148 valence electrons. The van der Waals surface area contributed by atoms with Gasteiger partial charge in [-0.1, -0.05) is 0 Å². The van der Waals surface area contributed by atoms with Gasteiger partial charge < -0.3 is 14.5 Å². The van der Waals surface area contributed by atoms with E-state index >= 15 is 0 Å². The molecule has 0 bridgehead atoms. The van der Waals surface area contributed by atoms with Gasteiger partial charge in [0.15, 0.2) is 0 Å². The zero-order valence-electron chi connectivity index (χ0n) is 15.6. The number of benzene rings is 1. The first-order chi connectivity index (χ1) is 12.8. The van der Waals surface area contributed by atoms with Crippen LogP contribution in [0.1, 0.15) is 13.3 Å². The van der Waals surface area contributed by atoms with E-state index in [1.807, 2.05) is 24.3 Å². The lowest BCUT2D eigenvalue weighted by molar-refractivity contribution is -0.147. The third kappa shape index (κ3) is 4.41. The Morgan fingerprint density at radius 1 is 1.11 bits per heavy atom. The average Bonchev–Trinajstić information content (AvgIpc) is 3.03. The minimum absolute atomic E-state index is 0.0810. The Morgan fingerprint density at radius 2 is 1.70 bits per heavy atom. The number of piperazine rings is 1. The van der Waals surface area contributed by atoms with E-state index in [0.717, 1.165) is 11.4 Å². The summed E-state index contributed by atoms with van der Waals surface area (Å²) >= 11 is 0. The highest BCUT2D eigenvalue weighted by Gasteiger charge is 2.36. The van der Waals surface area contributed by atoms with Crippen LogP contribution in [0.3, 0.4) is 0 Å². The Labute approximate surface area is 159 Å². The van der Waals surface area contributed by atoms with Crippen LogP contribution < -0.4 is 9.80 Å². The summed E-state index contributed by atoms with van der Waals surface area (Å²) in [4.78, 5) is 27.9. The molecule has 1 aromatic rings. The van der Waals surface area contributed by atoms with Crippen molar-refractivity contribution >= 4 is 33.3 Å². The van der Waals surface area contributed by atoms with E-state index in [0.29, 0.717) is 39.3 Å². The quantitative estimate of drug-likeness (QED) is 0.682. The molecule has 2 aliphatic rings. The van der Waals surface area contributed by atoms with E-state index in [9.17, 15) is 18.0 Å². The van der Waals surface area contributed by atoms with Crippen molar-refractivity contribution in [3.8, 4) is 0 Å². The van der Waals surface area contributed by atoms with Gasteiger partial charge in [0.2, 0.25) is 15.9 Å². The number of hydrogen-bond donors (Lipinski definition) is 0. The van der Waals surface area contributed by atoms with Crippen molar-refractivity contribution in [3.63, 3.8) is 0 Å². The Morgan fingerprint density at radius 3 is 2.26 bits per heavy atom. The summed E-state index contributed by atoms with van der Waals surface area (Å²) in [5.74, 6) is -0.822. The average molecular weight is 395 g/mol. The van der Waals surface area contributed by atoms with E-state index in [2.05, 4.69) is 4.90 Å². The predicted octanol–water partition coefficient (Wildman–Crippen LogP) is 0.684. The summed E-state index contributed by atoms with van der Waals surface area (Å²) in [5, 5.41) is 0. The van der Waals surface area contributed by atoms with Gasteiger partial charge in [-0.25, -0.2) is 8.42 Å². The molecule has 3 rings (SSSR count). The summed E-state index contributed by atoms with van der Waals surface area (Å²) in [6.45, 7) is 4.58. The summed E-state index contributed by atoms with van der Waals surface area (Å²) in [7, 11) is -3.15. The SMILES string of the molecule is CCOC(=O)[C@H]1CC(=O)N(c2ccc(N3CCN(S(C)(=O)=O)CC3)cc2)C1. The second kappa shape index (κ2) is 7.85. The summed E-state index contributed by atoms with van der Waals surface area (Å²) in [6, 6.07) is 7.58. The first kappa shape index (κ1) is 19.6. The molecular weight excluding hydrogens is 370 g/mol. The van der Waals surface area contributed by atoms with E-state index in [1.165, 1.54) is 10.6 Å². The molecule has 2 heterocycles. The Kier molecular flexibility index (Phi) is 5.71. The van der Waals surface area contributed by atoms with Crippen molar-refractivity contribution in [2.24, 2.45) is 5.92 Å². The monoisotopic (exact) mass is 395 g/mol. The molecule has 0 aliphatic carbocycles. The fourth-order valence-corrected chi connectivity index (χ4v) is 4.32. The van der Waals surface area contributed by atoms with Gasteiger partial charge in [-0.05, 0) is 31.2 Å². The van der Waals surface area contributed by atoms with Gasteiger partial charge in [-0.15, -0.1) is 0 Å². The summed E-state index contributed by atoms with van der Waals surface area (Å²) in [5.41, 5.74) is 1.74. The molecule has 0 radical (unpaired) electrons. The van der Waals surface area contributed by atoms with E-state index in [1.54, 1.807) is 11.8 Å². The molecule has 2 aliphatic heterocycles. The number of ether oxygens (including phenoxy) is 1. The first-order valence-corrected chi connectivity index (χ1v) is 10.9. The van der Waals surface area contributed by atoms with Crippen LogP contribution in [-0.4, -0.2) is 70.2 Å². The van der Waals surface area contributed by atoms with Crippen molar-refractivity contribution in [2.75, 3.05) is 55.4 Å². The normalized spacial score (nSPS) is 21.6. The molecule has 27 heavy (non-hydrogen) atoms. The number of sulfonamides is 1. The minimum Gasteiger partial charge on any atom is -0.466 e. The van der Waals surface area contributed by atoms with Crippen LogP contribution in [0.2, 0.25) is 0 Å². The molecule has 2 saturated heterocycles. The molecule has 9 heteroatoms. The number of carbonyl (C=O) groups excluding carboxylic acids is 2. The van der Waals surface area contributed by atoms with E-state index in [-0.39, 0.29) is 18.3 Å². The fourth-order valence-electron chi connectivity index (χ4n) is 3.50. The van der Waals surface area contributed by atoms with Crippen LogP contribution in [-0.2, 0) is 24.3 Å². The number of rotatable bonds is 5. The first-order valence-electron chi connectivity index (χ1n) is 9.06. The van der Waals surface area contributed by atoms with E-state index in [4.69, 9.17) is 4.74 Å². The minimum atomic E-state index is -3.15. The molecule has 0 unspecified atom stereocenters. The second-order valence-corrected chi connectivity index (χ2v) is 8.81. The maximum absolute atomic E-state index is 12.3. The molecule has 0 saturated carbocycles. The molecule has 0 spiro atoms. The lowest BCUT2D eigenvalue weighted by Crippen LogP contribution is -2.48. The maximum Gasteiger partial charge on any atom is 0.311 e. The molecular formula is C18H25N3O5S. The zero-order chi connectivity index (χ0) is 19.6. The van der Waals surface area contributed by atoms with Crippen LogP contribution in [0.4, 0.5) is 11.4 Å². The number of amides is 1. The van der Waals surface area contributed by atoms with Crippen LogP contribution >= 0.6 is 0 Å². The summed E-state index contributed by atoms with van der Waals surface area (Å²) in [6.07, 6.45) is 1.40. The van der Waals surface area contributed by atoms with Crippen LogP contribution in [0.25, 0.3) is 0 Å². The number of esters is 1. The Bertz CT molecular complexity index is 801. The van der Waals surface area contributed by atoms with Gasteiger partial charge in [-0.3, -0.25) is 9.59 Å². The largest absolute Gasteiger partial charge is 0.466 e. The topological polar surface area (TPSA) is 87.2 Å². The highest BCUT2D eigenvalue weighted by atomic mass is 32.2. The van der Waals surface area contributed by atoms with Crippen molar-refractivity contribution in [2.45, 2.75) is 13.3 Å². The molecule has 0 aromatic heterocycles. The number of nitrogens with zero attached hydrogens (tertiary/aromatic N) is 3. The fraction of sp³-hybridized carbons (Fsp3) is 0.556. The summed E-state index contributed by atoms with van der Waals surface area (Å²) < 4.78 is 29.7. The smallest absolute Gasteiger partial charge is 0.311 e. The van der Waals surface area contributed by atoms with E-state index < -0.39 is 15.9 Å². The lowest BCUT2D eigenvalue weighted by Gasteiger charge is -2.34. The molecule has 1 atom stereocenters. The van der Waals surface area contributed by atoms with Gasteiger partial charge >= 0.3 is 5.97 Å². The Hall–Kier alpha value is -2.13. The standard InChI is InChI=1S/C18H25N3O5S/c1-3-26-18(23)14-12-17(22)21(13-14)16-6-4-15(5-7-16)19-8-10-20(11-9-19)27(2,24)25/h4-7,14H,3,8-13H2,1-2H3/t14-/m0/s1.